The van der Waals surface area contributed by atoms with Gasteiger partial charge in [0.1, 0.15) is 0 Å². The third-order valence-electron chi connectivity index (χ3n) is 3.25. The predicted molar refractivity (Wildman–Crippen MR) is 86.2 cm³/mol. The van der Waals surface area contributed by atoms with Crippen molar-refractivity contribution in [1.82, 2.24) is 5.32 Å². The molecule has 6 N–H and O–H groups in total. The van der Waals surface area contributed by atoms with E-state index in [9.17, 15) is 9.59 Å². The van der Waals surface area contributed by atoms with Gasteiger partial charge in [0.2, 0.25) is 5.91 Å². The van der Waals surface area contributed by atoms with Gasteiger partial charge in [0.05, 0.1) is 6.04 Å². The number of amides is 3. The van der Waals surface area contributed by atoms with Gasteiger partial charge in [-0.05, 0) is 23.6 Å². The van der Waals surface area contributed by atoms with Crippen LogP contribution in [0.4, 0.5) is 10.5 Å². The minimum atomic E-state index is -0.606. The van der Waals surface area contributed by atoms with Gasteiger partial charge in [0.15, 0.2) is 0 Å². The number of carbonyl (C=O) groups excluding carboxylic acids is 2. The molecule has 0 saturated carbocycles. The smallest absolute Gasteiger partial charge is 0.316 e. The zero-order chi connectivity index (χ0) is 15.1. The maximum atomic E-state index is 11.8. The molecule has 7 heteroatoms. The average molecular weight is 315 g/mol. The van der Waals surface area contributed by atoms with Gasteiger partial charge in [-0.3, -0.25) is 4.79 Å². The van der Waals surface area contributed by atoms with Crippen LogP contribution in [0.2, 0.25) is 0 Å². The maximum absolute atomic E-state index is 11.8. The standard InChI is InChI=1S/C14H22N4O2.ClH/c1-3-9(2)12(15)13(19)17-8-10-4-6-11(7-5-10)18-14(16)20;/h4-7,9,12H,3,8,15H2,1-2H3,(H,17,19)(H3,16,18,20);1H. The van der Waals surface area contributed by atoms with Crippen molar-refractivity contribution in [1.29, 1.82) is 0 Å². The predicted octanol–water partition coefficient (Wildman–Crippen LogP) is 1.59. The highest BCUT2D eigenvalue weighted by Gasteiger charge is 2.18. The maximum Gasteiger partial charge on any atom is 0.316 e. The van der Waals surface area contributed by atoms with Crippen molar-refractivity contribution >= 4 is 30.0 Å². The van der Waals surface area contributed by atoms with Crippen molar-refractivity contribution in [3.63, 3.8) is 0 Å². The summed E-state index contributed by atoms with van der Waals surface area (Å²) in [5, 5.41) is 5.27. The van der Waals surface area contributed by atoms with Crippen LogP contribution in [0.5, 0.6) is 0 Å². The Morgan fingerprint density at radius 3 is 2.29 bits per heavy atom. The summed E-state index contributed by atoms with van der Waals surface area (Å²) in [5.74, 6) is -0.00386. The van der Waals surface area contributed by atoms with Gasteiger partial charge in [0.25, 0.3) is 0 Å². The fourth-order valence-electron chi connectivity index (χ4n) is 1.67. The summed E-state index contributed by atoms with van der Waals surface area (Å²) in [6.07, 6.45) is 0.863. The van der Waals surface area contributed by atoms with E-state index in [1.807, 2.05) is 13.8 Å². The number of carbonyl (C=O) groups is 2. The highest BCUT2D eigenvalue weighted by Crippen LogP contribution is 2.10. The van der Waals surface area contributed by atoms with Crippen LogP contribution in [0.15, 0.2) is 24.3 Å². The molecule has 0 heterocycles. The summed E-state index contributed by atoms with van der Waals surface area (Å²) in [6, 6.07) is 5.96. The first kappa shape index (κ1) is 19.2. The van der Waals surface area contributed by atoms with Crippen LogP contribution in [-0.2, 0) is 11.3 Å². The lowest BCUT2D eigenvalue weighted by Gasteiger charge is -2.17. The van der Waals surface area contributed by atoms with Crippen LogP contribution in [0.3, 0.4) is 0 Å². The number of hydrogen-bond donors (Lipinski definition) is 4. The number of nitrogens with one attached hydrogen (secondary N) is 2. The minimum absolute atomic E-state index is 0. The van der Waals surface area contributed by atoms with E-state index in [4.69, 9.17) is 11.5 Å². The third kappa shape index (κ3) is 6.46. The quantitative estimate of drug-likeness (QED) is 0.640. The SMILES string of the molecule is CCC(C)C(N)C(=O)NCc1ccc(NC(N)=O)cc1.Cl. The number of halogens is 1. The molecule has 1 aromatic rings. The Morgan fingerprint density at radius 2 is 1.81 bits per heavy atom. The van der Waals surface area contributed by atoms with Crippen LogP contribution in [0.25, 0.3) is 0 Å². The van der Waals surface area contributed by atoms with Crippen LogP contribution in [0.1, 0.15) is 25.8 Å². The summed E-state index contributed by atoms with van der Waals surface area (Å²) in [7, 11) is 0. The molecule has 6 nitrogen and oxygen atoms in total. The number of benzene rings is 1. The Morgan fingerprint density at radius 1 is 1.24 bits per heavy atom. The molecule has 0 aromatic heterocycles. The van der Waals surface area contributed by atoms with E-state index in [-0.39, 0.29) is 24.2 Å². The van der Waals surface area contributed by atoms with E-state index in [0.29, 0.717) is 12.2 Å². The van der Waals surface area contributed by atoms with Crippen LogP contribution in [-0.4, -0.2) is 18.0 Å². The van der Waals surface area contributed by atoms with Gasteiger partial charge < -0.3 is 22.1 Å². The van der Waals surface area contributed by atoms with E-state index in [0.717, 1.165) is 12.0 Å². The van der Waals surface area contributed by atoms with E-state index in [2.05, 4.69) is 10.6 Å². The Hall–Kier alpha value is -1.79. The topological polar surface area (TPSA) is 110 Å². The third-order valence-corrected chi connectivity index (χ3v) is 3.25. The first-order chi connectivity index (χ1) is 9.43. The molecule has 0 aliphatic carbocycles. The number of nitrogens with two attached hydrogens (primary N) is 2. The van der Waals surface area contributed by atoms with Gasteiger partial charge in [0, 0.05) is 12.2 Å². The van der Waals surface area contributed by atoms with Crippen molar-refractivity contribution in [2.45, 2.75) is 32.9 Å². The highest BCUT2D eigenvalue weighted by atomic mass is 35.5. The number of hydrogen-bond acceptors (Lipinski definition) is 3. The van der Waals surface area contributed by atoms with Crippen LogP contribution >= 0.6 is 12.4 Å². The fourth-order valence-corrected chi connectivity index (χ4v) is 1.67. The summed E-state index contributed by atoms with van der Waals surface area (Å²) < 4.78 is 0. The number of primary amides is 1. The monoisotopic (exact) mass is 314 g/mol. The molecule has 2 atom stereocenters. The van der Waals surface area contributed by atoms with Crippen molar-refractivity contribution in [2.24, 2.45) is 17.4 Å². The van der Waals surface area contributed by atoms with Gasteiger partial charge in [-0.2, -0.15) is 0 Å². The molecule has 2 unspecified atom stereocenters. The van der Waals surface area contributed by atoms with Gasteiger partial charge in [-0.15, -0.1) is 12.4 Å². The Balaban J connectivity index is 0.00000400. The Kier molecular flexibility index (Phi) is 8.42. The Labute approximate surface area is 131 Å². The molecule has 0 fully saturated rings. The van der Waals surface area contributed by atoms with Crippen LogP contribution < -0.4 is 22.1 Å². The van der Waals surface area contributed by atoms with Gasteiger partial charge >= 0.3 is 6.03 Å². The highest BCUT2D eigenvalue weighted by molar-refractivity contribution is 5.87. The second kappa shape index (κ2) is 9.20. The zero-order valence-corrected chi connectivity index (χ0v) is 13.1. The normalized spacial score (nSPS) is 12.7. The van der Waals surface area contributed by atoms with Crippen molar-refractivity contribution in [2.75, 3.05) is 5.32 Å². The Bertz CT molecular complexity index is 465. The average Bonchev–Trinajstić information content (AvgIpc) is 2.44. The zero-order valence-electron chi connectivity index (χ0n) is 12.3. The summed E-state index contributed by atoms with van der Waals surface area (Å²) in [6.45, 7) is 4.36. The summed E-state index contributed by atoms with van der Waals surface area (Å²) in [5.41, 5.74) is 12.4. The lowest BCUT2D eigenvalue weighted by Crippen LogP contribution is -2.44. The second-order valence-electron chi connectivity index (χ2n) is 4.82. The molecule has 0 aliphatic heterocycles. The molecule has 0 aliphatic rings. The first-order valence-electron chi connectivity index (χ1n) is 6.62. The van der Waals surface area contributed by atoms with E-state index in [1.54, 1.807) is 24.3 Å². The van der Waals surface area contributed by atoms with E-state index in [1.165, 1.54) is 0 Å². The molecule has 0 radical (unpaired) electrons. The second-order valence-corrected chi connectivity index (χ2v) is 4.82. The molecular formula is C14H23ClN4O2. The van der Waals surface area contributed by atoms with Crippen molar-refractivity contribution in [3.05, 3.63) is 29.8 Å². The lowest BCUT2D eigenvalue weighted by molar-refractivity contribution is -0.123. The number of rotatable bonds is 6. The molecule has 0 spiro atoms. The molecule has 3 amide bonds. The number of anilines is 1. The van der Waals surface area contributed by atoms with Crippen molar-refractivity contribution < 1.29 is 9.59 Å². The largest absolute Gasteiger partial charge is 0.351 e. The number of urea groups is 1. The molecule has 118 valence electrons. The van der Waals surface area contributed by atoms with Crippen LogP contribution in [0, 0.1) is 5.92 Å². The summed E-state index contributed by atoms with van der Waals surface area (Å²) >= 11 is 0. The lowest BCUT2D eigenvalue weighted by atomic mass is 9.99. The molecule has 0 saturated heterocycles. The molecule has 1 rings (SSSR count). The van der Waals surface area contributed by atoms with Gasteiger partial charge in [-0.25, -0.2) is 4.79 Å². The first-order valence-corrected chi connectivity index (χ1v) is 6.62. The minimum Gasteiger partial charge on any atom is -0.351 e. The molecular weight excluding hydrogens is 292 g/mol. The van der Waals surface area contributed by atoms with Gasteiger partial charge in [-0.1, -0.05) is 32.4 Å². The summed E-state index contributed by atoms with van der Waals surface area (Å²) in [4.78, 5) is 22.5. The van der Waals surface area contributed by atoms with E-state index < -0.39 is 12.1 Å². The fraction of sp³-hybridized carbons (Fsp3) is 0.429. The molecule has 1 aromatic carbocycles. The van der Waals surface area contributed by atoms with Crippen molar-refractivity contribution in [3.8, 4) is 0 Å². The van der Waals surface area contributed by atoms with E-state index >= 15 is 0 Å². The molecule has 21 heavy (non-hydrogen) atoms. The molecule has 0 bridgehead atoms.